The fourth-order valence-corrected chi connectivity index (χ4v) is 3.16. The molecule has 1 aliphatic rings. The van der Waals surface area contributed by atoms with Crippen molar-refractivity contribution in [2.24, 2.45) is 0 Å². The van der Waals surface area contributed by atoms with Crippen LogP contribution in [0.2, 0.25) is 0 Å². The minimum absolute atomic E-state index is 0.343. The molecule has 3 rings (SSSR count). The van der Waals surface area contributed by atoms with Crippen LogP contribution in [0, 0.1) is 0 Å². The number of aromatic nitrogens is 1. The predicted molar refractivity (Wildman–Crippen MR) is 65.4 cm³/mol. The lowest BCUT2D eigenvalue weighted by atomic mass is 10.3. The Morgan fingerprint density at radius 2 is 2.31 bits per heavy atom. The molecule has 0 radical (unpaired) electrons. The molecule has 16 heavy (non-hydrogen) atoms. The van der Waals surface area contributed by atoms with Crippen molar-refractivity contribution in [3.05, 3.63) is 24.3 Å². The smallest absolute Gasteiger partial charge is 0.285 e. The largest absolute Gasteiger partial charge is 0.367 e. The fraction of sp³-hybridized carbons (Fsp3) is 0.417. The van der Waals surface area contributed by atoms with Gasteiger partial charge < -0.3 is 4.74 Å². The first-order chi connectivity index (χ1) is 7.83. The number of rotatable bonds is 1. The van der Waals surface area contributed by atoms with Crippen molar-refractivity contribution in [2.45, 2.75) is 13.0 Å². The van der Waals surface area contributed by atoms with E-state index in [9.17, 15) is 0 Å². The van der Waals surface area contributed by atoms with Crippen molar-refractivity contribution in [1.29, 1.82) is 0 Å². The number of nitrogens with zero attached hydrogens (tertiary/aromatic N) is 1. The van der Waals surface area contributed by atoms with Gasteiger partial charge >= 0.3 is 0 Å². The van der Waals surface area contributed by atoms with Crippen molar-refractivity contribution >= 4 is 26.7 Å². The summed E-state index contributed by atoms with van der Waals surface area (Å²) in [7, 11) is 0. The number of benzene rings is 1. The Bertz CT molecular complexity index is 463. The maximum Gasteiger partial charge on any atom is 0.285 e. The van der Waals surface area contributed by atoms with Crippen LogP contribution < -0.4 is 4.90 Å². The summed E-state index contributed by atoms with van der Waals surface area (Å²) in [6, 6.07) is 8.34. The minimum Gasteiger partial charge on any atom is -0.367 e. The Morgan fingerprint density at radius 3 is 3.12 bits per heavy atom. The van der Waals surface area contributed by atoms with E-state index < -0.39 is 0 Å². The summed E-state index contributed by atoms with van der Waals surface area (Å²) in [5.74, 6) is 0. The first-order valence-electron chi connectivity index (χ1n) is 5.65. The first-order valence-corrected chi connectivity index (χ1v) is 6.47. The van der Waals surface area contributed by atoms with Crippen LogP contribution >= 0.6 is 11.3 Å². The molecular formula is C12H15N2OS+. The summed E-state index contributed by atoms with van der Waals surface area (Å²) in [6.45, 7) is 5.03. The molecule has 1 aromatic heterocycles. The van der Waals surface area contributed by atoms with Crippen LogP contribution in [0.25, 0.3) is 10.2 Å². The minimum atomic E-state index is 0.343. The standard InChI is InChI=1S/C12H14N2OS/c1-9-8-14(6-7-15-9)12-13-10-4-2-3-5-11(10)16-12/h2-5,9H,6-8H2,1H3/p+1. The number of quaternary nitrogens is 1. The van der Waals surface area contributed by atoms with Gasteiger partial charge in [-0.1, -0.05) is 23.5 Å². The lowest BCUT2D eigenvalue weighted by Crippen LogP contribution is -3.10. The Labute approximate surface area is 98.7 Å². The molecule has 2 heterocycles. The van der Waals surface area contributed by atoms with Crippen LogP contribution in [-0.2, 0) is 4.74 Å². The van der Waals surface area contributed by atoms with Crippen LogP contribution in [-0.4, -0.2) is 30.8 Å². The van der Waals surface area contributed by atoms with E-state index in [2.05, 4.69) is 25.1 Å². The second-order valence-corrected chi connectivity index (χ2v) is 5.26. The zero-order valence-corrected chi connectivity index (χ0v) is 10.1. The lowest BCUT2D eigenvalue weighted by molar-refractivity contribution is -0.846. The summed E-state index contributed by atoms with van der Waals surface area (Å²) in [4.78, 5) is 6.16. The second-order valence-electron chi connectivity index (χ2n) is 4.23. The lowest BCUT2D eigenvalue weighted by Gasteiger charge is -2.25. The quantitative estimate of drug-likeness (QED) is 0.805. The fourth-order valence-electron chi connectivity index (χ4n) is 2.11. The summed E-state index contributed by atoms with van der Waals surface area (Å²) < 4.78 is 6.84. The van der Waals surface area contributed by atoms with Crippen LogP contribution in [0.5, 0.6) is 0 Å². The highest BCUT2D eigenvalue weighted by Crippen LogP contribution is 2.22. The van der Waals surface area contributed by atoms with Crippen LogP contribution in [0.15, 0.2) is 24.3 Å². The molecule has 2 atom stereocenters. The normalized spacial score (nSPS) is 26.1. The third-order valence-electron chi connectivity index (χ3n) is 2.94. The zero-order chi connectivity index (χ0) is 11.0. The van der Waals surface area contributed by atoms with Gasteiger partial charge in [-0.3, -0.25) is 4.90 Å². The molecule has 3 nitrogen and oxygen atoms in total. The second kappa shape index (κ2) is 4.13. The van der Waals surface area contributed by atoms with Gasteiger partial charge in [0.15, 0.2) is 0 Å². The Balaban J connectivity index is 1.93. The molecule has 1 fully saturated rings. The van der Waals surface area contributed by atoms with Crippen LogP contribution in [0.1, 0.15) is 6.92 Å². The van der Waals surface area contributed by atoms with Crippen LogP contribution in [0.4, 0.5) is 5.13 Å². The molecule has 4 heteroatoms. The Morgan fingerprint density at radius 1 is 1.44 bits per heavy atom. The molecular weight excluding hydrogens is 220 g/mol. The van der Waals surface area contributed by atoms with Crippen molar-refractivity contribution in [1.82, 2.24) is 4.98 Å². The van der Waals surface area contributed by atoms with E-state index in [1.165, 1.54) is 14.7 Å². The highest BCUT2D eigenvalue weighted by Gasteiger charge is 2.24. The van der Waals surface area contributed by atoms with Gasteiger partial charge in [-0.15, -0.1) is 0 Å². The van der Waals surface area contributed by atoms with Gasteiger partial charge in [0.1, 0.15) is 19.2 Å². The van der Waals surface area contributed by atoms with Gasteiger partial charge in [0.05, 0.1) is 16.8 Å². The van der Waals surface area contributed by atoms with E-state index in [0.717, 1.165) is 25.2 Å². The number of morpholine rings is 1. The average Bonchev–Trinajstić information content (AvgIpc) is 2.72. The van der Waals surface area contributed by atoms with Gasteiger partial charge in [0.25, 0.3) is 5.13 Å². The molecule has 0 amide bonds. The number of thiazole rings is 1. The van der Waals surface area contributed by atoms with E-state index in [1.54, 1.807) is 11.3 Å². The van der Waals surface area contributed by atoms with Crippen LogP contribution in [0.3, 0.4) is 0 Å². The van der Waals surface area contributed by atoms with Gasteiger partial charge in [0, 0.05) is 0 Å². The number of nitrogens with one attached hydrogen (secondary N) is 1. The molecule has 2 aromatic rings. The SMILES string of the molecule is CC1C[NH+](c2nc3ccccc3s2)CCO1. The van der Waals surface area contributed by atoms with Crippen molar-refractivity contribution < 1.29 is 9.64 Å². The topological polar surface area (TPSA) is 26.6 Å². The summed E-state index contributed by atoms with van der Waals surface area (Å²) in [5, 5.41) is 1.20. The van der Waals surface area contributed by atoms with E-state index >= 15 is 0 Å². The Kier molecular flexibility index (Phi) is 2.63. The maximum absolute atomic E-state index is 5.56. The van der Waals surface area contributed by atoms with E-state index in [0.29, 0.717) is 6.10 Å². The number of hydrogen-bond donors (Lipinski definition) is 1. The van der Waals surface area contributed by atoms with Gasteiger partial charge in [0.2, 0.25) is 0 Å². The summed E-state index contributed by atoms with van der Waals surface area (Å²) >= 11 is 1.80. The van der Waals surface area contributed by atoms with Crippen molar-refractivity contribution in [3.63, 3.8) is 0 Å². The molecule has 1 aliphatic heterocycles. The summed E-state index contributed by atoms with van der Waals surface area (Å²) in [5.41, 5.74) is 1.12. The molecule has 0 spiro atoms. The molecule has 1 N–H and O–H groups in total. The number of para-hydroxylation sites is 1. The highest BCUT2D eigenvalue weighted by molar-refractivity contribution is 7.21. The molecule has 0 saturated carbocycles. The number of hydrogen-bond acceptors (Lipinski definition) is 3. The third kappa shape index (κ3) is 1.84. The molecule has 84 valence electrons. The Hall–Kier alpha value is -0.970. The molecule has 2 unspecified atom stereocenters. The molecule has 0 bridgehead atoms. The van der Waals surface area contributed by atoms with E-state index in [-0.39, 0.29) is 0 Å². The van der Waals surface area contributed by atoms with Gasteiger partial charge in [-0.2, -0.15) is 4.98 Å². The van der Waals surface area contributed by atoms with Gasteiger partial charge in [-0.05, 0) is 19.1 Å². The highest BCUT2D eigenvalue weighted by atomic mass is 32.1. The van der Waals surface area contributed by atoms with Crippen molar-refractivity contribution in [2.75, 3.05) is 19.7 Å². The first kappa shape index (κ1) is 10.2. The molecule has 1 aromatic carbocycles. The predicted octanol–water partition coefficient (Wildman–Crippen LogP) is 1.23. The van der Waals surface area contributed by atoms with E-state index in [1.807, 2.05) is 6.07 Å². The monoisotopic (exact) mass is 235 g/mol. The number of fused-ring (bicyclic) bond motifs is 1. The van der Waals surface area contributed by atoms with Gasteiger partial charge in [-0.25, -0.2) is 0 Å². The third-order valence-corrected chi connectivity index (χ3v) is 4.07. The summed E-state index contributed by atoms with van der Waals surface area (Å²) in [6.07, 6.45) is 0.343. The average molecular weight is 235 g/mol. The van der Waals surface area contributed by atoms with E-state index in [4.69, 9.17) is 9.72 Å². The number of ether oxygens (including phenoxy) is 1. The molecule has 0 aliphatic carbocycles. The maximum atomic E-state index is 5.56. The van der Waals surface area contributed by atoms with Crippen molar-refractivity contribution in [3.8, 4) is 0 Å². The molecule has 1 saturated heterocycles. The zero-order valence-electron chi connectivity index (χ0n) is 9.27.